The molecule has 0 N–H and O–H groups in total. The van der Waals surface area contributed by atoms with Crippen molar-refractivity contribution in [3.05, 3.63) is 105 Å². The molecule has 0 saturated carbocycles. The van der Waals surface area contributed by atoms with Gasteiger partial charge in [0.1, 0.15) is 0 Å². The van der Waals surface area contributed by atoms with Gasteiger partial charge in [-0.15, -0.1) is 0 Å². The maximum atomic E-state index is 13.4. The zero-order chi connectivity index (χ0) is 22.2. The average Bonchev–Trinajstić information content (AvgIpc) is 3.21. The molecular weight excluding hydrogens is 440 g/mol. The first-order chi connectivity index (χ1) is 14.8. The number of sulfonamides is 1. The number of hydrogen-bond donors (Lipinski definition) is 0. The Hall–Kier alpha value is -2.78. The largest absolute Gasteiger partial charge is 0.349 e. The maximum Gasteiger partial charge on any atom is 0.269 e. The van der Waals surface area contributed by atoms with Gasteiger partial charge in [-0.1, -0.05) is 53.6 Å². The van der Waals surface area contributed by atoms with Crippen molar-refractivity contribution in [2.24, 2.45) is 0 Å². The minimum absolute atomic E-state index is 0.0368. The highest BCUT2D eigenvalue weighted by atomic mass is 35.5. The predicted molar refractivity (Wildman–Crippen MR) is 116 cm³/mol. The van der Waals surface area contributed by atoms with Gasteiger partial charge in [-0.2, -0.15) is 4.31 Å². The Bertz CT molecular complexity index is 1200. The zero-order valence-electron chi connectivity index (χ0n) is 16.5. The fourth-order valence-corrected chi connectivity index (χ4v) is 5.09. The second-order valence-corrected chi connectivity index (χ2v) is 9.59. The van der Waals surface area contributed by atoms with Crippen molar-refractivity contribution in [2.45, 2.75) is 24.2 Å². The van der Waals surface area contributed by atoms with Crippen molar-refractivity contribution in [3.63, 3.8) is 0 Å². The zero-order valence-corrected chi connectivity index (χ0v) is 18.1. The van der Waals surface area contributed by atoms with Crippen LogP contribution in [0.25, 0.3) is 0 Å². The first-order valence-corrected chi connectivity index (χ1v) is 11.3. The minimum Gasteiger partial charge on any atom is -0.349 e. The molecule has 9 heteroatoms. The summed E-state index contributed by atoms with van der Waals surface area (Å²) in [5.41, 5.74) is 2.42. The van der Waals surface area contributed by atoms with Crippen LogP contribution in [0.4, 0.5) is 5.69 Å². The normalized spacial score (nSPS) is 19.4. The molecule has 31 heavy (non-hydrogen) atoms. The summed E-state index contributed by atoms with van der Waals surface area (Å²) in [4.78, 5) is 10.3. The maximum absolute atomic E-state index is 13.4. The molecule has 1 aliphatic rings. The number of nitro groups is 1. The fourth-order valence-electron chi connectivity index (χ4n) is 3.46. The summed E-state index contributed by atoms with van der Waals surface area (Å²) in [7, 11) is -3.98. The van der Waals surface area contributed by atoms with Gasteiger partial charge >= 0.3 is 0 Å². The van der Waals surface area contributed by atoms with E-state index in [4.69, 9.17) is 16.3 Å². The van der Waals surface area contributed by atoms with E-state index in [1.54, 1.807) is 24.3 Å². The molecule has 0 aliphatic carbocycles. The van der Waals surface area contributed by atoms with Crippen LogP contribution in [-0.4, -0.2) is 24.2 Å². The van der Waals surface area contributed by atoms with Gasteiger partial charge in [0, 0.05) is 23.7 Å². The lowest BCUT2D eigenvalue weighted by Crippen LogP contribution is -2.31. The van der Waals surface area contributed by atoms with Crippen LogP contribution in [0.5, 0.6) is 0 Å². The topological polar surface area (TPSA) is 89.8 Å². The van der Waals surface area contributed by atoms with Gasteiger partial charge in [-0.3, -0.25) is 10.1 Å². The molecule has 2 atom stereocenters. The molecule has 0 bridgehead atoms. The van der Waals surface area contributed by atoms with Gasteiger partial charge in [0.25, 0.3) is 5.69 Å². The van der Waals surface area contributed by atoms with E-state index in [0.717, 1.165) is 11.1 Å². The third-order valence-electron chi connectivity index (χ3n) is 5.16. The Morgan fingerprint density at radius 1 is 0.968 bits per heavy atom. The first-order valence-electron chi connectivity index (χ1n) is 9.49. The molecule has 1 aliphatic heterocycles. The van der Waals surface area contributed by atoms with Gasteiger partial charge in [0.05, 0.1) is 15.9 Å². The first kappa shape index (κ1) is 21.5. The summed E-state index contributed by atoms with van der Waals surface area (Å²) in [6, 6.07) is 19.4. The van der Waals surface area contributed by atoms with Crippen LogP contribution in [0.2, 0.25) is 5.02 Å². The van der Waals surface area contributed by atoms with Crippen LogP contribution in [0.15, 0.2) is 77.7 Å². The number of halogens is 1. The number of nitrogens with zero attached hydrogens (tertiary/aromatic N) is 2. The van der Waals surface area contributed by atoms with Crippen LogP contribution in [0, 0.1) is 17.0 Å². The molecule has 160 valence electrons. The van der Waals surface area contributed by atoms with E-state index in [0.29, 0.717) is 10.6 Å². The van der Waals surface area contributed by atoms with E-state index >= 15 is 0 Å². The number of aryl methyl sites for hydroxylation is 1. The van der Waals surface area contributed by atoms with Gasteiger partial charge in [0.2, 0.25) is 10.0 Å². The number of rotatable bonds is 5. The molecule has 0 amide bonds. The minimum atomic E-state index is -3.98. The van der Waals surface area contributed by atoms with E-state index in [1.165, 1.54) is 28.6 Å². The highest BCUT2D eigenvalue weighted by Gasteiger charge is 2.42. The lowest BCUT2D eigenvalue weighted by molar-refractivity contribution is -0.384. The van der Waals surface area contributed by atoms with Gasteiger partial charge in [0.15, 0.2) is 6.23 Å². The van der Waals surface area contributed by atoms with Crippen molar-refractivity contribution in [2.75, 3.05) is 6.54 Å². The summed E-state index contributed by atoms with van der Waals surface area (Å²) >= 11 is 5.99. The molecule has 3 aromatic rings. The van der Waals surface area contributed by atoms with Crippen LogP contribution in [0.3, 0.4) is 0 Å². The molecule has 1 saturated heterocycles. The third kappa shape index (κ3) is 4.33. The highest BCUT2D eigenvalue weighted by molar-refractivity contribution is 7.89. The van der Waals surface area contributed by atoms with E-state index in [2.05, 4.69) is 0 Å². The van der Waals surface area contributed by atoms with E-state index in [1.807, 2.05) is 31.2 Å². The molecule has 1 heterocycles. The molecule has 4 rings (SSSR count). The number of ether oxygens (including phenoxy) is 1. The quantitative estimate of drug-likeness (QED) is 0.395. The second kappa shape index (κ2) is 8.39. The van der Waals surface area contributed by atoms with Crippen molar-refractivity contribution < 1.29 is 18.1 Å². The third-order valence-corrected chi connectivity index (χ3v) is 7.24. The van der Waals surface area contributed by atoms with Crippen molar-refractivity contribution in [1.82, 2.24) is 4.31 Å². The van der Waals surface area contributed by atoms with Crippen molar-refractivity contribution >= 4 is 27.3 Å². The standard InChI is InChI=1S/C22H19ClN2O5S/c1-15-2-4-16(5-3-15)21-14-24(22(30-21)17-6-8-18(23)9-7-17)31(28,29)20-12-10-19(11-13-20)25(26)27/h2-13,21-22H,14H2,1H3. The molecular formula is C22H19ClN2O5S. The lowest BCUT2D eigenvalue weighted by Gasteiger charge is -2.22. The smallest absolute Gasteiger partial charge is 0.269 e. The second-order valence-electron chi connectivity index (χ2n) is 7.27. The van der Waals surface area contributed by atoms with E-state index in [-0.39, 0.29) is 17.1 Å². The van der Waals surface area contributed by atoms with Gasteiger partial charge in [-0.05, 0) is 42.3 Å². The Morgan fingerprint density at radius 3 is 2.13 bits per heavy atom. The van der Waals surface area contributed by atoms with Crippen molar-refractivity contribution in [3.8, 4) is 0 Å². The molecule has 0 radical (unpaired) electrons. The Labute approximate surface area is 185 Å². The summed E-state index contributed by atoms with van der Waals surface area (Å²) in [6.45, 7) is 2.08. The van der Waals surface area contributed by atoms with Crippen LogP contribution in [0.1, 0.15) is 29.0 Å². The Balaban J connectivity index is 1.73. The van der Waals surface area contributed by atoms with Crippen molar-refractivity contribution in [1.29, 1.82) is 0 Å². The molecule has 2 unspecified atom stereocenters. The molecule has 0 spiro atoms. The summed E-state index contributed by atoms with van der Waals surface area (Å²) in [5, 5.41) is 11.5. The molecule has 1 fully saturated rings. The Kier molecular flexibility index (Phi) is 5.81. The summed E-state index contributed by atoms with van der Waals surface area (Å²) in [6.07, 6.45) is -1.32. The fraction of sp³-hybridized carbons (Fsp3) is 0.182. The van der Waals surface area contributed by atoms with E-state index in [9.17, 15) is 18.5 Å². The number of nitro benzene ring substituents is 1. The van der Waals surface area contributed by atoms with Gasteiger partial charge in [-0.25, -0.2) is 8.42 Å². The molecule has 3 aromatic carbocycles. The van der Waals surface area contributed by atoms with Gasteiger partial charge < -0.3 is 4.74 Å². The van der Waals surface area contributed by atoms with E-state index < -0.39 is 27.3 Å². The summed E-state index contributed by atoms with van der Waals surface area (Å²) in [5.74, 6) is 0. The lowest BCUT2D eigenvalue weighted by atomic mass is 10.1. The van der Waals surface area contributed by atoms with Crippen LogP contribution in [-0.2, 0) is 14.8 Å². The van der Waals surface area contributed by atoms with Crippen LogP contribution < -0.4 is 0 Å². The molecule has 7 nitrogen and oxygen atoms in total. The van der Waals surface area contributed by atoms with Crippen LogP contribution >= 0.6 is 11.6 Å². The highest BCUT2D eigenvalue weighted by Crippen LogP contribution is 2.41. The monoisotopic (exact) mass is 458 g/mol. The Morgan fingerprint density at radius 2 is 1.55 bits per heavy atom. The number of benzene rings is 3. The average molecular weight is 459 g/mol. The summed E-state index contributed by atoms with van der Waals surface area (Å²) < 4.78 is 34.4. The SMILES string of the molecule is Cc1ccc(C2CN(S(=O)(=O)c3ccc([N+](=O)[O-])cc3)C(c3ccc(Cl)cc3)O2)cc1. The number of hydrogen-bond acceptors (Lipinski definition) is 5. The molecule has 0 aromatic heterocycles. The number of non-ortho nitro benzene ring substituents is 1. The predicted octanol–water partition coefficient (Wildman–Crippen LogP) is 5.02.